The first-order valence-electron chi connectivity index (χ1n) is 7.49. The second-order valence-electron chi connectivity index (χ2n) is 5.21. The van der Waals surface area contributed by atoms with Crippen molar-refractivity contribution in [3.63, 3.8) is 0 Å². The number of benzene rings is 2. The number of methoxy groups -OCH3 is 1. The van der Waals surface area contributed by atoms with E-state index in [2.05, 4.69) is 21.4 Å². The molecule has 2 aromatic heterocycles. The molecule has 24 heavy (non-hydrogen) atoms. The Morgan fingerprint density at radius 3 is 2.92 bits per heavy atom. The molecule has 120 valence electrons. The van der Waals surface area contributed by atoms with Crippen molar-refractivity contribution in [1.82, 2.24) is 9.97 Å². The van der Waals surface area contributed by atoms with Gasteiger partial charge in [0.1, 0.15) is 10.8 Å². The minimum absolute atomic E-state index is 0.671. The molecule has 2 heterocycles. The molecule has 0 saturated heterocycles. The van der Waals surface area contributed by atoms with Crippen LogP contribution in [0.25, 0.3) is 21.5 Å². The Morgan fingerprint density at radius 2 is 2.12 bits per heavy atom. The van der Waals surface area contributed by atoms with Crippen LogP contribution in [-0.4, -0.2) is 17.1 Å². The summed E-state index contributed by atoms with van der Waals surface area (Å²) in [5, 5.41) is 4.44. The van der Waals surface area contributed by atoms with Crippen LogP contribution >= 0.6 is 11.3 Å². The Bertz CT molecular complexity index is 930. The van der Waals surface area contributed by atoms with Crippen LogP contribution in [0.5, 0.6) is 5.75 Å². The van der Waals surface area contributed by atoms with Crippen LogP contribution in [0, 0.1) is 0 Å². The Balaban J connectivity index is 1.54. The molecule has 0 aliphatic heterocycles. The molecule has 0 aliphatic carbocycles. The number of anilines is 1. The lowest BCUT2D eigenvalue weighted by Crippen LogP contribution is -1.99. The number of nitrogens with one attached hydrogen (secondary N) is 1. The summed E-state index contributed by atoms with van der Waals surface area (Å²) < 4.78 is 12.0. The molecule has 1 N–H and O–H groups in total. The van der Waals surface area contributed by atoms with Crippen molar-refractivity contribution in [1.29, 1.82) is 0 Å². The fourth-order valence-electron chi connectivity index (χ4n) is 2.53. The van der Waals surface area contributed by atoms with Gasteiger partial charge in [-0.15, -0.1) is 11.3 Å². The Kier molecular flexibility index (Phi) is 3.88. The summed E-state index contributed by atoms with van der Waals surface area (Å²) in [6.45, 7) is 0.671. The van der Waals surface area contributed by atoms with Gasteiger partial charge in [-0.05, 0) is 24.3 Å². The van der Waals surface area contributed by atoms with Gasteiger partial charge >= 0.3 is 0 Å². The number of para-hydroxylation sites is 1. The van der Waals surface area contributed by atoms with Crippen LogP contribution in [0.2, 0.25) is 0 Å². The number of aromatic nitrogens is 2. The summed E-state index contributed by atoms with van der Waals surface area (Å²) in [5.41, 5.74) is 2.88. The molecular weight excluding hydrogens is 322 g/mol. The zero-order valence-electron chi connectivity index (χ0n) is 13.0. The largest absolute Gasteiger partial charge is 0.496 e. The number of rotatable bonds is 5. The van der Waals surface area contributed by atoms with Gasteiger partial charge in [0.15, 0.2) is 12.2 Å². The first-order chi connectivity index (χ1) is 11.8. The molecule has 0 fully saturated rings. The first kappa shape index (κ1) is 14.7. The summed E-state index contributed by atoms with van der Waals surface area (Å²) in [6.07, 6.45) is 3.08. The van der Waals surface area contributed by atoms with E-state index in [4.69, 9.17) is 9.15 Å². The van der Waals surface area contributed by atoms with Crippen molar-refractivity contribution in [2.75, 3.05) is 12.4 Å². The molecule has 5 nitrogen and oxygen atoms in total. The highest BCUT2D eigenvalue weighted by Crippen LogP contribution is 2.32. The van der Waals surface area contributed by atoms with Gasteiger partial charge in [-0.2, -0.15) is 0 Å². The molecule has 0 atom stereocenters. The minimum atomic E-state index is 0.671. The summed E-state index contributed by atoms with van der Waals surface area (Å²) in [5.74, 6) is 1.42. The van der Waals surface area contributed by atoms with E-state index < -0.39 is 0 Å². The van der Waals surface area contributed by atoms with Gasteiger partial charge in [-0.1, -0.05) is 12.1 Å². The van der Waals surface area contributed by atoms with Gasteiger partial charge in [0, 0.05) is 11.8 Å². The van der Waals surface area contributed by atoms with E-state index in [1.807, 2.05) is 36.4 Å². The molecular formula is C18H15N3O2S. The molecule has 0 bridgehead atoms. The summed E-state index contributed by atoms with van der Waals surface area (Å²) >= 11 is 1.70. The average molecular weight is 337 g/mol. The van der Waals surface area contributed by atoms with Crippen LogP contribution in [-0.2, 0) is 6.54 Å². The lowest BCUT2D eigenvalue weighted by molar-refractivity contribution is 0.415. The van der Waals surface area contributed by atoms with Gasteiger partial charge < -0.3 is 14.5 Å². The highest BCUT2D eigenvalue weighted by molar-refractivity contribution is 7.18. The number of hydrogen-bond donors (Lipinski definition) is 1. The molecule has 0 spiro atoms. The fourth-order valence-corrected chi connectivity index (χ4v) is 3.43. The van der Waals surface area contributed by atoms with Gasteiger partial charge in [0.2, 0.25) is 0 Å². The third-order valence-electron chi connectivity index (χ3n) is 3.68. The predicted octanol–water partition coefficient (Wildman–Crippen LogP) is 4.57. The minimum Gasteiger partial charge on any atom is -0.496 e. The molecule has 0 aliphatic rings. The molecule has 0 unspecified atom stereocenters. The van der Waals surface area contributed by atoms with Crippen molar-refractivity contribution in [2.45, 2.75) is 6.54 Å². The van der Waals surface area contributed by atoms with Crippen molar-refractivity contribution in [2.24, 2.45) is 0 Å². The fraction of sp³-hybridized carbons (Fsp3) is 0.111. The molecule has 0 saturated carbocycles. The molecule has 0 amide bonds. The normalized spacial score (nSPS) is 10.9. The topological polar surface area (TPSA) is 60.2 Å². The van der Waals surface area contributed by atoms with Crippen LogP contribution in [0.4, 0.5) is 5.69 Å². The number of nitrogens with zero attached hydrogens (tertiary/aromatic N) is 2. The number of thiazole rings is 1. The number of oxazole rings is 1. The lowest BCUT2D eigenvalue weighted by atomic mass is 10.1. The zero-order chi connectivity index (χ0) is 16.4. The molecule has 4 rings (SSSR count). The summed E-state index contributed by atoms with van der Waals surface area (Å²) in [4.78, 5) is 8.58. The maximum Gasteiger partial charge on any atom is 0.181 e. The third-order valence-corrected chi connectivity index (χ3v) is 4.72. The highest BCUT2D eigenvalue weighted by Gasteiger charge is 2.10. The Labute approximate surface area is 142 Å². The second-order valence-corrected chi connectivity index (χ2v) is 6.32. The number of fused-ring (bicyclic) bond motifs is 1. The van der Waals surface area contributed by atoms with Gasteiger partial charge in [0.25, 0.3) is 0 Å². The number of hydrogen-bond acceptors (Lipinski definition) is 6. The van der Waals surface area contributed by atoms with E-state index >= 15 is 0 Å². The van der Waals surface area contributed by atoms with E-state index in [1.54, 1.807) is 24.6 Å². The van der Waals surface area contributed by atoms with Crippen LogP contribution < -0.4 is 10.1 Å². The second kappa shape index (κ2) is 6.33. The SMILES string of the molecule is COc1cc(NCc2nc3ccccc3s2)ccc1-c1cnco1. The van der Waals surface area contributed by atoms with Crippen LogP contribution in [0.3, 0.4) is 0 Å². The molecule has 6 heteroatoms. The van der Waals surface area contributed by atoms with Crippen LogP contribution in [0.1, 0.15) is 5.01 Å². The standard InChI is InChI=1S/C18H15N3O2S/c1-22-15-8-12(6-7-13(15)16-9-19-11-23-16)20-10-18-21-14-4-2-3-5-17(14)24-18/h2-9,11,20H,10H2,1H3. The van der Waals surface area contributed by atoms with E-state index in [-0.39, 0.29) is 0 Å². The Morgan fingerprint density at radius 1 is 1.21 bits per heavy atom. The summed E-state index contributed by atoms with van der Waals surface area (Å²) in [6, 6.07) is 14.1. The first-order valence-corrected chi connectivity index (χ1v) is 8.30. The van der Waals surface area contributed by atoms with Crippen molar-refractivity contribution in [3.05, 3.63) is 60.1 Å². The van der Waals surface area contributed by atoms with Crippen molar-refractivity contribution >= 4 is 27.2 Å². The van der Waals surface area contributed by atoms with Gasteiger partial charge in [0.05, 0.1) is 35.6 Å². The van der Waals surface area contributed by atoms with E-state index in [0.717, 1.165) is 27.5 Å². The molecule has 2 aromatic carbocycles. The smallest absolute Gasteiger partial charge is 0.181 e. The monoisotopic (exact) mass is 337 g/mol. The van der Waals surface area contributed by atoms with Crippen molar-refractivity contribution in [3.8, 4) is 17.1 Å². The highest BCUT2D eigenvalue weighted by atomic mass is 32.1. The van der Waals surface area contributed by atoms with E-state index in [9.17, 15) is 0 Å². The predicted molar refractivity (Wildman–Crippen MR) is 95.4 cm³/mol. The number of ether oxygens (including phenoxy) is 1. The average Bonchev–Trinajstić information content (AvgIpc) is 3.28. The van der Waals surface area contributed by atoms with E-state index in [0.29, 0.717) is 12.3 Å². The van der Waals surface area contributed by atoms with E-state index in [1.165, 1.54) is 11.1 Å². The quantitative estimate of drug-likeness (QED) is 0.578. The summed E-state index contributed by atoms with van der Waals surface area (Å²) in [7, 11) is 1.65. The van der Waals surface area contributed by atoms with Crippen molar-refractivity contribution < 1.29 is 9.15 Å². The molecule has 4 aromatic rings. The van der Waals surface area contributed by atoms with Crippen LogP contribution in [0.15, 0.2) is 59.5 Å². The van der Waals surface area contributed by atoms with Gasteiger partial charge in [-0.25, -0.2) is 9.97 Å². The molecule has 0 radical (unpaired) electrons. The third kappa shape index (κ3) is 2.83. The zero-order valence-corrected chi connectivity index (χ0v) is 13.8. The maximum absolute atomic E-state index is 5.47. The maximum atomic E-state index is 5.47. The van der Waals surface area contributed by atoms with Gasteiger partial charge in [-0.3, -0.25) is 0 Å². The Hall–Kier alpha value is -2.86. The lowest BCUT2D eigenvalue weighted by Gasteiger charge is -2.10.